The lowest BCUT2D eigenvalue weighted by Crippen LogP contribution is -2.24. The van der Waals surface area contributed by atoms with Gasteiger partial charge in [0.2, 0.25) is 0 Å². The highest BCUT2D eigenvalue weighted by atomic mass is 19.4. The first-order valence-electron chi connectivity index (χ1n) is 9.73. The number of hydroxylamine groups is 2. The van der Waals surface area contributed by atoms with Crippen LogP contribution in [0.2, 0.25) is 0 Å². The maximum atomic E-state index is 13.1. The predicted molar refractivity (Wildman–Crippen MR) is 110 cm³/mol. The fourth-order valence-electron chi connectivity index (χ4n) is 3.36. The Kier molecular flexibility index (Phi) is 6.83. The summed E-state index contributed by atoms with van der Waals surface area (Å²) in [5.41, 5.74) is -0.671. The van der Waals surface area contributed by atoms with Crippen LogP contribution in [0.25, 0.3) is 11.1 Å². The van der Waals surface area contributed by atoms with Crippen LogP contribution >= 0.6 is 0 Å². The van der Waals surface area contributed by atoms with Gasteiger partial charge < -0.3 is 4.84 Å². The van der Waals surface area contributed by atoms with Crippen molar-refractivity contribution in [3.05, 3.63) is 94.5 Å². The number of carbonyl (C=O) groups is 1. The van der Waals surface area contributed by atoms with Crippen molar-refractivity contribution >= 4 is 5.97 Å². The molecule has 0 aliphatic heterocycles. The summed E-state index contributed by atoms with van der Waals surface area (Å²) in [6.07, 6.45) is -9.92. The van der Waals surface area contributed by atoms with E-state index in [1.165, 1.54) is 13.1 Å². The fourth-order valence-corrected chi connectivity index (χ4v) is 3.36. The molecule has 0 fully saturated rings. The molecule has 0 saturated heterocycles. The number of benzene rings is 3. The monoisotopic (exact) mass is 467 g/mol. The van der Waals surface area contributed by atoms with E-state index < -0.39 is 36.0 Å². The Morgan fingerprint density at radius 2 is 1.33 bits per heavy atom. The zero-order chi connectivity index (χ0) is 24.4. The summed E-state index contributed by atoms with van der Waals surface area (Å²) in [4.78, 5) is 18.0. The Hall–Kier alpha value is -3.33. The summed E-state index contributed by atoms with van der Waals surface area (Å²) in [5, 5.41) is 0.895. The lowest BCUT2D eigenvalue weighted by atomic mass is 9.96. The number of halogens is 6. The van der Waals surface area contributed by atoms with Gasteiger partial charge in [-0.05, 0) is 53.4 Å². The molecule has 0 heterocycles. The molecule has 33 heavy (non-hydrogen) atoms. The standard InChI is InChI=1S/C24H19F6NO2/c1-15-7-3-4-8-19(15)20-9-5-6-10-21(20)22(32)33-31(2)14-16-11-17(23(25,26)27)13-18(12-16)24(28,29)30/h3-13H,14H2,1-2H3. The summed E-state index contributed by atoms with van der Waals surface area (Å²) >= 11 is 0. The van der Waals surface area contributed by atoms with Gasteiger partial charge in [-0.1, -0.05) is 42.5 Å². The maximum Gasteiger partial charge on any atom is 0.416 e. The van der Waals surface area contributed by atoms with Crippen molar-refractivity contribution in [2.24, 2.45) is 0 Å². The van der Waals surface area contributed by atoms with Crippen molar-refractivity contribution < 1.29 is 36.0 Å². The van der Waals surface area contributed by atoms with Crippen molar-refractivity contribution in [3.8, 4) is 11.1 Å². The van der Waals surface area contributed by atoms with Gasteiger partial charge in [0.25, 0.3) is 0 Å². The minimum Gasteiger partial charge on any atom is -0.364 e. The van der Waals surface area contributed by atoms with Gasteiger partial charge in [-0.2, -0.15) is 26.3 Å². The van der Waals surface area contributed by atoms with Gasteiger partial charge in [-0.25, -0.2) is 4.79 Å². The van der Waals surface area contributed by atoms with Crippen LogP contribution in [0.5, 0.6) is 0 Å². The van der Waals surface area contributed by atoms with Crippen LogP contribution in [0.4, 0.5) is 26.3 Å². The van der Waals surface area contributed by atoms with E-state index in [9.17, 15) is 31.1 Å². The van der Waals surface area contributed by atoms with Gasteiger partial charge in [0.15, 0.2) is 0 Å². The molecule has 3 rings (SSSR count). The molecule has 0 spiro atoms. The highest BCUT2D eigenvalue weighted by Crippen LogP contribution is 2.36. The number of aryl methyl sites for hydroxylation is 1. The summed E-state index contributed by atoms with van der Waals surface area (Å²) in [7, 11) is 1.25. The molecule has 0 bridgehead atoms. The minimum atomic E-state index is -4.96. The van der Waals surface area contributed by atoms with E-state index >= 15 is 0 Å². The first kappa shape index (κ1) is 24.3. The number of hydrogen-bond donors (Lipinski definition) is 0. The topological polar surface area (TPSA) is 29.5 Å². The summed E-state index contributed by atoms with van der Waals surface area (Å²) in [5.74, 6) is -0.792. The summed E-state index contributed by atoms with van der Waals surface area (Å²) in [6.45, 7) is 1.39. The summed E-state index contributed by atoms with van der Waals surface area (Å²) in [6, 6.07) is 15.2. The zero-order valence-electron chi connectivity index (χ0n) is 17.6. The van der Waals surface area contributed by atoms with Gasteiger partial charge in [-0.15, -0.1) is 5.06 Å². The Labute approximate surface area is 186 Å². The number of hydrogen-bond acceptors (Lipinski definition) is 3. The molecule has 3 aromatic carbocycles. The third kappa shape index (κ3) is 5.92. The molecule has 0 aromatic heterocycles. The van der Waals surface area contributed by atoms with Crippen LogP contribution in [-0.4, -0.2) is 18.1 Å². The quantitative estimate of drug-likeness (QED) is 0.302. The maximum absolute atomic E-state index is 13.1. The number of carbonyl (C=O) groups excluding carboxylic acids is 1. The Bertz CT molecular complexity index is 1120. The predicted octanol–water partition coefficient (Wildman–Crippen LogP) is 6.90. The Morgan fingerprint density at radius 1 is 0.818 bits per heavy atom. The largest absolute Gasteiger partial charge is 0.416 e. The van der Waals surface area contributed by atoms with Gasteiger partial charge in [0, 0.05) is 7.05 Å². The second-order valence-electron chi connectivity index (χ2n) is 7.44. The molecule has 0 unspecified atom stereocenters. The van der Waals surface area contributed by atoms with Crippen LogP contribution < -0.4 is 0 Å². The van der Waals surface area contributed by atoms with E-state index in [1.807, 2.05) is 31.2 Å². The van der Waals surface area contributed by atoms with Crippen molar-refractivity contribution in [1.29, 1.82) is 0 Å². The molecule has 0 saturated carbocycles. The molecular formula is C24H19F6NO2. The van der Waals surface area contributed by atoms with E-state index in [1.54, 1.807) is 18.2 Å². The van der Waals surface area contributed by atoms with Gasteiger partial charge in [0.1, 0.15) is 0 Å². The second kappa shape index (κ2) is 9.27. The highest BCUT2D eigenvalue weighted by molar-refractivity contribution is 5.97. The minimum absolute atomic E-state index is 0.0496. The molecule has 0 atom stereocenters. The molecule has 0 aliphatic carbocycles. The third-order valence-electron chi connectivity index (χ3n) is 4.87. The first-order valence-corrected chi connectivity index (χ1v) is 9.73. The summed E-state index contributed by atoms with van der Waals surface area (Å²) < 4.78 is 78.5. The lowest BCUT2D eigenvalue weighted by Gasteiger charge is -2.20. The first-order chi connectivity index (χ1) is 15.4. The van der Waals surface area contributed by atoms with Crippen LogP contribution in [-0.2, 0) is 23.7 Å². The van der Waals surface area contributed by atoms with E-state index in [4.69, 9.17) is 4.84 Å². The van der Waals surface area contributed by atoms with Gasteiger partial charge in [-0.3, -0.25) is 0 Å². The van der Waals surface area contributed by atoms with Crippen molar-refractivity contribution in [1.82, 2.24) is 5.06 Å². The zero-order valence-corrected chi connectivity index (χ0v) is 17.6. The second-order valence-corrected chi connectivity index (χ2v) is 7.44. The number of rotatable bonds is 5. The average Bonchev–Trinajstić information content (AvgIpc) is 2.72. The van der Waals surface area contributed by atoms with Crippen LogP contribution in [0.1, 0.15) is 32.6 Å². The van der Waals surface area contributed by atoms with Crippen LogP contribution in [0.15, 0.2) is 66.7 Å². The van der Waals surface area contributed by atoms with Crippen molar-refractivity contribution in [2.75, 3.05) is 7.05 Å². The SMILES string of the molecule is Cc1ccccc1-c1ccccc1C(=O)ON(C)Cc1cc(C(F)(F)F)cc(C(F)(F)F)c1. The third-order valence-corrected chi connectivity index (χ3v) is 4.87. The average molecular weight is 467 g/mol. The van der Waals surface area contributed by atoms with E-state index in [0.29, 0.717) is 17.7 Å². The normalized spacial score (nSPS) is 12.2. The molecule has 0 N–H and O–H groups in total. The molecule has 0 radical (unpaired) electrons. The van der Waals surface area contributed by atoms with Crippen molar-refractivity contribution in [3.63, 3.8) is 0 Å². The molecule has 0 amide bonds. The van der Waals surface area contributed by atoms with Crippen molar-refractivity contribution in [2.45, 2.75) is 25.8 Å². The lowest BCUT2D eigenvalue weighted by molar-refractivity contribution is -0.143. The van der Waals surface area contributed by atoms with E-state index in [0.717, 1.165) is 16.2 Å². The Morgan fingerprint density at radius 3 is 1.88 bits per heavy atom. The van der Waals surface area contributed by atoms with Crippen LogP contribution in [0.3, 0.4) is 0 Å². The van der Waals surface area contributed by atoms with Gasteiger partial charge >= 0.3 is 18.3 Å². The van der Waals surface area contributed by atoms with E-state index in [2.05, 4.69) is 0 Å². The Balaban J connectivity index is 1.85. The molecule has 0 aliphatic rings. The van der Waals surface area contributed by atoms with Gasteiger partial charge in [0.05, 0.1) is 23.2 Å². The molecular weight excluding hydrogens is 448 g/mol. The fraction of sp³-hybridized carbons (Fsp3) is 0.208. The smallest absolute Gasteiger partial charge is 0.364 e. The number of nitrogens with zero attached hydrogens (tertiary/aromatic N) is 1. The van der Waals surface area contributed by atoms with E-state index in [-0.39, 0.29) is 17.2 Å². The number of alkyl halides is 6. The highest BCUT2D eigenvalue weighted by Gasteiger charge is 2.37. The molecule has 174 valence electrons. The molecule has 3 aromatic rings. The molecule has 3 nitrogen and oxygen atoms in total. The molecule has 9 heteroatoms. The van der Waals surface area contributed by atoms with Crippen LogP contribution in [0, 0.1) is 6.92 Å².